The molecule has 0 atom stereocenters. The Morgan fingerprint density at radius 1 is 0.210 bits per heavy atom. The maximum absolute atomic E-state index is 2.50. The van der Waals surface area contributed by atoms with E-state index >= 15 is 0 Å². The molecular formula is C62H44. The van der Waals surface area contributed by atoms with E-state index in [1.54, 1.807) is 0 Å². The van der Waals surface area contributed by atoms with Gasteiger partial charge in [-0.05, 0) is 113 Å². The van der Waals surface area contributed by atoms with E-state index in [1.807, 2.05) is 0 Å². The smallest absolute Gasteiger partial charge is 0.0622 e. The average molecular weight is 789 g/mol. The molecule has 2 aliphatic carbocycles. The van der Waals surface area contributed by atoms with E-state index in [0.717, 1.165) is 12.8 Å². The molecule has 0 amide bonds. The number of hydrogen-bond acceptors (Lipinski definition) is 0. The normalized spacial score (nSPS) is 14.3. The summed E-state index contributed by atoms with van der Waals surface area (Å²) in [6.07, 6.45) is 2.15. The molecule has 12 rings (SSSR count). The summed E-state index contributed by atoms with van der Waals surface area (Å²) in [7, 11) is 0. The molecule has 0 radical (unpaired) electrons. The molecule has 0 aliphatic heterocycles. The van der Waals surface area contributed by atoms with Crippen LogP contribution in [0.15, 0.2) is 243 Å². The summed E-state index contributed by atoms with van der Waals surface area (Å²) in [5.74, 6) is 0. The van der Waals surface area contributed by atoms with Crippen LogP contribution >= 0.6 is 0 Å². The molecule has 2 aliphatic rings. The Bertz CT molecular complexity index is 2820. The quantitative estimate of drug-likeness (QED) is 0.144. The monoisotopic (exact) mass is 788 g/mol. The van der Waals surface area contributed by atoms with Crippen molar-refractivity contribution in [1.82, 2.24) is 0 Å². The van der Waals surface area contributed by atoms with Crippen LogP contribution in [0.3, 0.4) is 0 Å². The van der Waals surface area contributed by atoms with E-state index in [9.17, 15) is 0 Å². The maximum Gasteiger partial charge on any atom is 0.0635 e. The van der Waals surface area contributed by atoms with Gasteiger partial charge >= 0.3 is 0 Å². The lowest BCUT2D eigenvalue weighted by molar-refractivity contribution is 0.442. The minimum Gasteiger partial charge on any atom is -0.0622 e. The van der Waals surface area contributed by atoms with Gasteiger partial charge in [0, 0.05) is 0 Å². The molecule has 10 aromatic rings. The third-order valence-electron chi connectivity index (χ3n) is 14.1. The van der Waals surface area contributed by atoms with Crippen LogP contribution in [-0.4, -0.2) is 0 Å². The van der Waals surface area contributed by atoms with E-state index in [0.29, 0.717) is 0 Å². The average Bonchev–Trinajstić information content (AvgIpc) is 3.91. The fourth-order valence-corrected chi connectivity index (χ4v) is 11.4. The topological polar surface area (TPSA) is 0 Å². The summed E-state index contributed by atoms with van der Waals surface area (Å²) in [6.45, 7) is 0. The highest BCUT2D eigenvalue weighted by molar-refractivity contribution is 6.03. The van der Waals surface area contributed by atoms with Crippen LogP contribution in [0.2, 0.25) is 0 Å². The molecule has 0 saturated carbocycles. The Labute approximate surface area is 364 Å². The Morgan fingerprint density at radius 3 is 0.710 bits per heavy atom. The Hall–Kier alpha value is -7.54. The molecule has 0 saturated heterocycles. The molecule has 0 bridgehead atoms. The molecule has 0 fully saturated rings. The summed E-state index contributed by atoms with van der Waals surface area (Å²) in [4.78, 5) is 0. The fraction of sp³-hybridized carbons (Fsp3) is 0.0645. The van der Waals surface area contributed by atoms with Gasteiger partial charge in [-0.1, -0.05) is 243 Å². The van der Waals surface area contributed by atoms with Gasteiger partial charge in [0.25, 0.3) is 0 Å². The molecule has 0 nitrogen and oxygen atoms in total. The van der Waals surface area contributed by atoms with Crippen molar-refractivity contribution in [1.29, 1.82) is 0 Å². The summed E-state index contributed by atoms with van der Waals surface area (Å²) >= 11 is 0. The Morgan fingerprint density at radius 2 is 0.452 bits per heavy atom. The van der Waals surface area contributed by atoms with Crippen molar-refractivity contribution in [3.05, 3.63) is 287 Å². The fourth-order valence-electron chi connectivity index (χ4n) is 11.4. The first kappa shape index (κ1) is 36.3. The molecule has 0 aromatic heterocycles. The highest BCUT2D eigenvalue weighted by Crippen LogP contribution is 2.67. The summed E-state index contributed by atoms with van der Waals surface area (Å²) in [5, 5.41) is 2.87. The lowest BCUT2D eigenvalue weighted by Gasteiger charge is -2.50. The number of aryl methyl sites for hydroxylation is 2. The largest absolute Gasteiger partial charge is 0.0635 e. The van der Waals surface area contributed by atoms with Crippen molar-refractivity contribution in [3.63, 3.8) is 0 Å². The molecule has 0 heterocycles. The van der Waals surface area contributed by atoms with Crippen molar-refractivity contribution in [2.24, 2.45) is 0 Å². The second-order valence-corrected chi connectivity index (χ2v) is 17.1. The zero-order valence-corrected chi connectivity index (χ0v) is 34.5. The van der Waals surface area contributed by atoms with Crippen molar-refractivity contribution >= 4 is 10.8 Å². The molecule has 10 aromatic carbocycles. The van der Waals surface area contributed by atoms with Crippen molar-refractivity contribution in [2.75, 3.05) is 0 Å². The van der Waals surface area contributed by atoms with Gasteiger partial charge < -0.3 is 0 Å². The van der Waals surface area contributed by atoms with Crippen LogP contribution in [0.4, 0.5) is 0 Å². The third kappa shape index (κ3) is 5.40. The molecule has 62 heavy (non-hydrogen) atoms. The second kappa shape index (κ2) is 14.6. The van der Waals surface area contributed by atoms with Crippen LogP contribution in [0.25, 0.3) is 55.3 Å². The van der Waals surface area contributed by atoms with E-state index in [1.165, 1.54) is 99.8 Å². The standard InChI is InChI=1S/C62H44/c1-5-13-43(14-6-1)47-23-33-53(34-24-47)61(54-35-25-48(26-36-54)44-15-7-2-8-16-44)57-41-31-51-21-22-52-32-42-58(60(57)59(51)52)62(61,55-37-27-49(28-38-55)45-17-9-3-10-18-45)56-39-29-50(30-40-56)46-19-11-4-12-20-46/h1-20,23-42H,21-22H2. The van der Waals surface area contributed by atoms with Gasteiger partial charge in [0.2, 0.25) is 0 Å². The van der Waals surface area contributed by atoms with Crippen LogP contribution in [0.5, 0.6) is 0 Å². The van der Waals surface area contributed by atoms with Crippen molar-refractivity contribution in [2.45, 2.75) is 23.7 Å². The minimum atomic E-state index is -0.679. The van der Waals surface area contributed by atoms with Gasteiger partial charge in [0.05, 0.1) is 10.8 Å². The Balaban J connectivity index is 1.22. The zero-order valence-electron chi connectivity index (χ0n) is 34.5. The first-order valence-electron chi connectivity index (χ1n) is 22.0. The number of hydrogen-bond donors (Lipinski definition) is 0. The minimum absolute atomic E-state index is 0.679. The highest BCUT2D eigenvalue weighted by Gasteiger charge is 2.62. The van der Waals surface area contributed by atoms with Gasteiger partial charge in [-0.2, -0.15) is 0 Å². The van der Waals surface area contributed by atoms with Crippen LogP contribution in [-0.2, 0) is 23.7 Å². The van der Waals surface area contributed by atoms with Gasteiger partial charge in [-0.25, -0.2) is 0 Å². The molecule has 0 N–H and O–H groups in total. The van der Waals surface area contributed by atoms with Crippen molar-refractivity contribution in [3.8, 4) is 44.5 Å². The third-order valence-corrected chi connectivity index (χ3v) is 14.1. The molecule has 0 heteroatoms. The highest BCUT2D eigenvalue weighted by atomic mass is 14.6. The Kier molecular flexibility index (Phi) is 8.54. The molecule has 0 unspecified atom stereocenters. The van der Waals surface area contributed by atoms with E-state index in [4.69, 9.17) is 0 Å². The van der Waals surface area contributed by atoms with Gasteiger partial charge in [0.15, 0.2) is 0 Å². The van der Waals surface area contributed by atoms with Crippen LogP contribution in [0.1, 0.15) is 44.5 Å². The van der Waals surface area contributed by atoms with Crippen LogP contribution < -0.4 is 0 Å². The summed E-state index contributed by atoms with van der Waals surface area (Å²) in [5.41, 5.74) is 19.1. The summed E-state index contributed by atoms with van der Waals surface area (Å²) in [6, 6.07) is 91.4. The number of rotatable bonds is 8. The van der Waals surface area contributed by atoms with E-state index < -0.39 is 10.8 Å². The van der Waals surface area contributed by atoms with Gasteiger partial charge in [-0.3, -0.25) is 0 Å². The maximum atomic E-state index is 2.50. The zero-order chi connectivity index (χ0) is 41.1. The van der Waals surface area contributed by atoms with Crippen LogP contribution in [0, 0.1) is 0 Å². The van der Waals surface area contributed by atoms with Gasteiger partial charge in [0.1, 0.15) is 0 Å². The van der Waals surface area contributed by atoms with Gasteiger partial charge in [-0.15, -0.1) is 0 Å². The first-order chi connectivity index (χ1) is 30.7. The molecular weight excluding hydrogens is 745 g/mol. The molecule has 0 spiro atoms. The lowest BCUT2D eigenvalue weighted by atomic mass is 9.50. The van der Waals surface area contributed by atoms with E-state index in [2.05, 4.69) is 243 Å². The molecule has 292 valence electrons. The number of benzene rings is 10. The van der Waals surface area contributed by atoms with Crippen molar-refractivity contribution < 1.29 is 0 Å². The predicted octanol–water partition coefficient (Wildman–Crippen LogP) is 15.3. The van der Waals surface area contributed by atoms with E-state index in [-0.39, 0.29) is 0 Å². The summed E-state index contributed by atoms with van der Waals surface area (Å²) < 4.78 is 0. The predicted molar refractivity (Wildman–Crippen MR) is 259 cm³/mol. The lowest BCUT2D eigenvalue weighted by Crippen LogP contribution is -2.49. The second-order valence-electron chi connectivity index (χ2n) is 17.1. The SMILES string of the molecule is c1ccc(-c2ccc(C3(c4ccc(-c5ccccc5)cc4)c4ccc5c6c(ccc(c46)C3(c3ccc(-c4ccccc4)cc3)c3ccc(-c4ccccc4)cc3)CC5)cc2)cc1. The first-order valence-corrected chi connectivity index (χ1v) is 22.0.